The second kappa shape index (κ2) is 18.2. The van der Waals surface area contributed by atoms with Gasteiger partial charge in [0.05, 0.1) is 39.5 Å². The Bertz CT molecular complexity index is 425. The monoisotopic (exact) mass is 454 g/mol. The molecule has 0 aliphatic carbocycles. The van der Waals surface area contributed by atoms with Crippen LogP contribution in [0.3, 0.4) is 0 Å². The van der Waals surface area contributed by atoms with Crippen molar-refractivity contribution in [1.82, 2.24) is 0 Å². The van der Waals surface area contributed by atoms with E-state index in [1.165, 1.54) is 114 Å². The maximum atomic E-state index is 6.00. The minimum Gasteiger partial charge on any atom is -0.379 e. The van der Waals surface area contributed by atoms with Crippen LogP contribution >= 0.6 is 0 Å². The summed E-state index contributed by atoms with van der Waals surface area (Å²) in [6, 6.07) is 0. The molecule has 0 saturated carbocycles. The summed E-state index contributed by atoms with van der Waals surface area (Å²) in [5.41, 5.74) is 0. The van der Waals surface area contributed by atoms with Crippen molar-refractivity contribution in [3.05, 3.63) is 0 Å². The first-order valence-electron chi connectivity index (χ1n) is 14.3. The first-order chi connectivity index (χ1) is 15.7. The maximum absolute atomic E-state index is 6.00. The average Bonchev–Trinajstić information content (AvgIpc) is 3.25. The van der Waals surface area contributed by atoms with Crippen LogP contribution < -0.4 is 0 Å². The lowest BCUT2D eigenvalue weighted by Crippen LogP contribution is -2.52. The molecule has 0 aromatic carbocycles. The van der Waals surface area contributed by atoms with Crippen molar-refractivity contribution >= 4 is 0 Å². The van der Waals surface area contributed by atoms with E-state index in [0.717, 1.165) is 52.0 Å². The van der Waals surface area contributed by atoms with Gasteiger partial charge in [-0.3, -0.25) is 0 Å². The molecular formula is C28H56NO3+. The third-order valence-electron chi connectivity index (χ3n) is 7.72. The second-order valence-electron chi connectivity index (χ2n) is 10.9. The van der Waals surface area contributed by atoms with E-state index in [9.17, 15) is 0 Å². The van der Waals surface area contributed by atoms with E-state index < -0.39 is 0 Å². The van der Waals surface area contributed by atoms with Crippen LogP contribution in [-0.4, -0.2) is 70.3 Å². The van der Waals surface area contributed by atoms with Crippen LogP contribution in [0.5, 0.6) is 0 Å². The summed E-state index contributed by atoms with van der Waals surface area (Å²) in [5, 5.41) is 0. The van der Waals surface area contributed by atoms with E-state index in [2.05, 4.69) is 14.0 Å². The fourth-order valence-corrected chi connectivity index (χ4v) is 5.29. The van der Waals surface area contributed by atoms with Crippen molar-refractivity contribution in [3.63, 3.8) is 0 Å². The molecule has 4 nitrogen and oxygen atoms in total. The van der Waals surface area contributed by atoms with Gasteiger partial charge in [-0.05, 0) is 31.6 Å². The minimum absolute atomic E-state index is 0.348. The molecule has 2 aliphatic heterocycles. The standard InChI is InChI=1S/C28H56NO3/c1-3-4-5-6-7-8-9-10-11-12-13-14-17-27-24-28(32-25-27)26-31-21-16-15-18-29(2)19-22-30-23-20-29/h27-28H,3-26H2,1-2H3/q+1/t27-,28+/m0/s1. The van der Waals surface area contributed by atoms with Crippen LogP contribution in [0.15, 0.2) is 0 Å². The molecule has 0 radical (unpaired) electrons. The summed E-state index contributed by atoms with van der Waals surface area (Å²) in [4.78, 5) is 0. The zero-order valence-corrected chi connectivity index (χ0v) is 21.8. The maximum Gasteiger partial charge on any atom is 0.102 e. The van der Waals surface area contributed by atoms with Crippen molar-refractivity contribution in [2.45, 2.75) is 116 Å². The predicted octanol–water partition coefficient (Wildman–Crippen LogP) is 6.76. The Balaban J connectivity index is 1.32. The highest BCUT2D eigenvalue weighted by atomic mass is 16.5. The summed E-state index contributed by atoms with van der Waals surface area (Å²) in [6.07, 6.45) is 22.5. The van der Waals surface area contributed by atoms with Crippen LogP contribution in [0, 0.1) is 5.92 Å². The van der Waals surface area contributed by atoms with Gasteiger partial charge in [0, 0.05) is 13.2 Å². The number of nitrogens with zero attached hydrogens (tertiary/aromatic N) is 1. The summed E-state index contributed by atoms with van der Waals surface area (Å²) in [7, 11) is 2.37. The van der Waals surface area contributed by atoms with Gasteiger partial charge in [0.2, 0.25) is 0 Å². The second-order valence-corrected chi connectivity index (χ2v) is 10.9. The van der Waals surface area contributed by atoms with Crippen molar-refractivity contribution in [2.75, 3.05) is 59.7 Å². The van der Waals surface area contributed by atoms with Gasteiger partial charge in [0.15, 0.2) is 0 Å². The quantitative estimate of drug-likeness (QED) is 0.150. The Morgan fingerprint density at radius 2 is 1.41 bits per heavy atom. The van der Waals surface area contributed by atoms with Gasteiger partial charge in [-0.2, -0.15) is 0 Å². The van der Waals surface area contributed by atoms with Crippen LogP contribution in [0.1, 0.15) is 110 Å². The van der Waals surface area contributed by atoms with Crippen molar-refractivity contribution in [3.8, 4) is 0 Å². The lowest BCUT2D eigenvalue weighted by Gasteiger charge is -2.37. The highest BCUT2D eigenvalue weighted by Gasteiger charge is 2.26. The smallest absolute Gasteiger partial charge is 0.102 e. The molecule has 4 heteroatoms. The predicted molar refractivity (Wildman–Crippen MR) is 135 cm³/mol. The molecule has 2 fully saturated rings. The van der Waals surface area contributed by atoms with E-state index in [1.54, 1.807) is 0 Å². The molecule has 32 heavy (non-hydrogen) atoms. The summed E-state index contributed by atoms with van der Waals surface area (Å²) < 4.78 is 18.6. The molecule has 2 heterocycles. The molecule has 0 aromatic heterocycles. The number of unbranched alkanes of at least 4 members (excludes halogenated alkanes) is 12. The van der Waals surface area contributed by atoms with E-state index in [1.807, 2.05) is 0 Å². The third-order valence-corrected chi connectivity index (χ3v) is 7.72. The number of likely N-dealkylation sites (N-methyl/N-ethyl adjacent to an activating group) is 1. The van der Waals surface area contributed by atoms with Gasteiger partial charge >= 0.3 is 0 Å². The van der Waals surface area contributed by atoms with Crippen LogP contribution in [0.2, 0.25) is 0 Å². The Hall–Kier alpha value is -0.160. The highest BCUT2D eigenvalue weighted by Crippen LogP contribution is 2.25. The molecule has 0 aromatic rings. The number of quaternary nitrogens is 1. The largest absolute Gasteiger partial charge is 0.379 e. The van der Waals surface area contributed by atoms with Crippen LogP contribution in [0.4, 0.5) is 0 Å². The van der Waals surface area contributed by atoms with Gasteiger partial charge < -0.3 is 18.7 Å². The van der Waals surface area contributed by atoms with Gasteiger partial charge in [-0.25, -0.2) is 0 Å². The summed E-state index contributed by atoms with van der Waals surface area (Å²) in [5.74, 6) is 0.775. The minimum atomic E-state index is 0.348. The van der Waals surface area contributed by atoms with Crippen molar-refractivity contribution in [1.29, 1.82) is 0 Å². The van der Waals surface area contributed by atoms with E-state index in [-0.39, 0.29) is 0 Å². The first kappa shape index (κ1) is 28.1. The summed E-state index contributed by atoms with van der Waals surface area (Å²) >= 11 is 0. The molecule has 2 saturated heterocycles. The summed E-state index contributed by atoms with van der Waals surface area (Å²) in [6.45, 7) is 10.4. The molecule has 0 spiro atoms. The van der Waals surface area contributed by atoms with Crippen molar-refractivity contribution < 1.29 is 18.7 Å². The van der Waals surface area contributed by atoms with E-state index in [0.29, 0.717) is 6.10 Å². The zero-order chi connectivity index (χ0) is 22.7. The molecule has 0 bridgehead atoms. The molecular weight excluding hydrogens is 398 g/mol. The fraction of sp³-hybridized carbons (Fsp3) is 1.00. The number of hydrogen-bond donors (Lipinski definition) is 0. The van der Waals surface area contributed by atoms with E-state index >= 15 is 0 Å². The number of hydrogen-bond acceptors (Lipinski definition) is 3. The Morgan fingerprint density at radius 1 is 0.781 bits per heavy atom. The number of ether oxygens (including phenoxy) is 3. The van der Waals surface area contributed by atoms with Gasteiger partial charge in [0.1, 0.15) is 13.1 Å². The SMILES string of the molecule is CCCCCCCCCCCCCC[C@@H]1CO[C@@H](COCCCC[N+]2(C)CCOCC2)C1. The first-order valence-corrected chi connectivity index (χ1v) is 14.3. The number of morpholine rings is 1. The van der Waals surface area contributed by atoms with Gasteiger partial charge in [-0.15, -0.1) is 0 Å². The average molecular weight is 455 g/mol. The fourth-order valence-electron chi connectivity index (χ4n) is 5.29. The molecule has 2 aliphatic rings. The zero-order valence-electron chi connectivity index (χ0n) is 21.8. The van der Waals surface area contributed by atoms with Crippen LogP contribution in [-0.2, 0) is 14.2 Å². The normalized spacial score (nSPS) is 23.1. The Morgan fingerprint density at radius 3 is 2.06 bits per heavy atom. The van der Waals surface area contributed by atoms with Gasteiger partial charge in [0.25, 0.3) is 0 Å². The Labute approximate surface area is 200 Å². The number of rotatable bonds is 20. The lowest BCUT2D eigenvalue weighted by atomic mass is 9.97. The highest BCUT2D eigenvalue weighted by molar-refractivity contribution is 4.73. The van der Waals surface area contributed by atoms with E-state index in [4.69, 9.17) is 14.2 Å². The Kier molecular flexibility index (Phi) is 16.0. The molecule has 2 rings (SSSR count). The van der Waals surface area contributed by atoms with Crippen molar-refractivity contribution in [2.24, 2.45) is 5.92 Å². The molecule has 0 N–H and O–H groups in total. The topological polar surface area (TPSA) is 27.7 Å². The lowest BCUT2D eigenvalue weighted by molar-refractivity contribution is -0.917. The van der Waals surface area contributed by atoms with Gasteiger partial charge in [-0.1, -0.05) is 84.0 Å². The molecule has 190 valence electrons. The molecule has 0 amide bonds. The van der Waals surface area contributed by atoms with Crippen LogP contribution in [0.25, 0.3) is 0 Å². The molecule has 2 atom stereocenters. The molecule has 0 unspecified atom stereocenters. The third kappa shape index (κ3) is 13.5.